The lowest BCUT2D eigenvalue weighted by atomic mass is 9.92. The number of amides is 2. The highest BCUT2D eigenvalue weighted by molar-refractivity contribution is 5.90. The van der Waals surface area contributed by atoms with E-state index in [1.54, 1.807) is 4.90 Å². The van der Waals surface area contributed by atoms with E-state index in [1.165, 1.54) is 6.92 Å². The molecule has 0 aromatic heterocycles. The normalized spacial score (nSPS) is 22.3. The molecule has 8 heteroatoms. The van der Waals surface area contributed by atoms with Crippen LogP contribution < -0.4 is 15.1 Å². The van der Waals surface area contributed by atoms with Gasteiger partial charge in [-0.3, -0.25) is 9.69 Å². The third-order valence-corrected chi connectivity index (χ3v) is 4.97. The van der Waals surface area contributed by atoms with Gasteiger partial charge in [0.1, 0.15) is 6.10 Å². The predicted octanol–water partition coefficient (Wildman–Crippen LogP) is 0.472. The summed E-state index contributed by atoms with van der Waals surface area (Å²) in [5, 5.41) is 22.0. The highest BCUT2D eigenvalue weighted by Gasteiger charge is 2.33. The van der Waals surface area contributed by atoms with Gasteiger partial charge in [0, 0.05) is 31.4 Å². The van der Waals surface area contributed by atoms with E-state index in [-0.39, 0.29) is 18.6 Å². The van der Waals surface area contributed by atoms with Crippen molar-refractivity contribution >= 4 is 23.4 Å². The summed E-state index contributed by atoms with van der Waals surface area (Å²) < 4.78 is 5.27. The second-order valence-corrected chi connectivity index (χ2v) is 6.94. The number of aliphatic hydroxyl groups excluding tert-OH is 1. The first-order valence-electron chi connectivity index (χ1n) is 8.81. The van der Waals surface area contributed by atoms with Gasteiger partial charge in [-0.1, -0.05) is 0 Å². The summed E-state index contributed by atoms with van der Waals surface area (Å²) in [7, 11) is 0. The third kappa shape index (κ3) is 4.08. The zero-order valence-corrected chi connectivity index (χ0v) is 14.9. The summed E-state index contributed by atoms with van der Waals surface area (Å²) in [6.45, 7) is 3.25. The topological polar surface area (TPSA) is 102 Å². The van der Waals surface area contributed by atoms with Crippen molar-refractivity contribution in [1.82, 2.24) is 5.32 Å². The molecule has 1 aromatic carbocycles. The Morgan fingerprint density at radius 2 is 1.88 bits per heavy atom. The van der Waals surface area contributed by atoms with Crippen molar-refractivity contribution in [3.63, 3.8) is 0 Å². The van der Waals surface area contributed by atoms with Crippen molar-refractivity contribution in [2.75, 3.05) is 42.6 Å². The second kappa shape index (κ2) is 7.51. The van der Waals surface area contributed by atoms with Gasteiger partial charge in [-0.05, 0) is 37.1 Å². The van der Waals surface area contributed by atoms with Crippen LogP contribution in [0.5, 0.6) is 0 Å². The number of piperidine rings is 1. The van der Waals surface area contributed by atoms with E-state index >= 15 is 0 Å². The molecule has 2 fully saturated rings. The van der Waals surface area contributed by atoms with Crippen molar-refractivity contribution in [1.29, 1.82) is 0 Å². The van der Waals surface area contributed by atoms with Crippen LogP contribution in [0.2, 0.25) is 0 Å². The average Bonchev–Trinajstić information content (AvgIpc) is 3.02. The fourth-order valence-electron chi connectivity index (χ4n) is 3.28. The molecule has 1 aromatic rings. The molecule has 8 nitrogen and oxygen atoms in total. The Bertz CT molecular complexity index is 655. The molecule has 3 N–H and O–H groups in total. The van der Waals surface area contributed by atoms with Gasteiger partial charge in [0.25, 0.3) is 0 Å². The summed E-state index contributed by atoms with van der Waals surface area (Å²) >= 11 is 0. The molecule has 0 saturated carbocycles. The monoisotopic (exact) mass is 363 g/mol. The first-order valence-corrected chi connectivity index (χ1v) is 8.81. The molecule has 2 heterocycles. The maximum absolute atomic E-state index is 12.1. The van der Waals surface area contributed by atoms with Crippen LogP contribution in [-0.2, 0) is 9.53 Å². The number of nitrogens with one attached hydrogen (secondary N) is 1. The highest BCUT2D eigenvalue weighted by Crippen LogP contribution is 2.29. The minimum absolute atomic E-state index is 0.154. The standard InChI is InChI=1S/C18H25N3O5/c1-13(23)19-10-16-11-21(17(24)26-16)15-4-2-14(3-5-15)20-8-6-18(25,12-22)7-9-20/h2-5,16,22,25H,6-12H2,1H3,(H,19,23). The highest BCUT2D eigenvalue weighted by atomic mass is 16.6. The maximum Gasteiger partial charge on any atom is 0.414 e. The van der Waals surface area contributed by atoms with Crippen LogP contribution in [0.25, 0.3) is 0 Å². The minimum Gasteiger partial charge on any atom is -0.442 e. The summed E-state index contributed by atoms with van der Waals surface area (Å²) in [5.74, 6) is -0.154. The van der Waals surface area contributed by atoms with Gasteiger partial charge >= 0.3 is 6.09 Å². The molecule has 142 valence electrons. The number of aliphatic hydroxyl groups is 2. The zero-order chi connectivity index (χ0) is 18.7. The fraction of sp³-hybridized carbons (Fsp3) is 0.556. The molecule has 2 amide bonds. The Morgan fingerprint density at radius 3 is 2.46 bits per heavy atom. The van der Waals surface area contributed by atoms with E-state index in [0.29, 0.717) is 39.0 Å². The van der Waals surface area contributed by atoms with Crippen LogP contribution in [0.4, 0.5) is 16.2 Å². The SMILES string of the molecule is CC(=O)NCC1CN(c2ccc(N3CCC(O)(CO)CC3)cc2)C(=O)O1. The number of anilines is 2. The number of ether oxygens (including phenoxy) is 1. The summed E-state index contributed by atoms with van der Waals surface area (Å²) in [5.41, 5.74) is 0.780. The van der Waals surface area contributed by atoms with E-state index in [2.05, 4.69) is 10.2 Å². The molecule has 26 heavy (non-hydrogen) atoms. The number of cyclic esters (lactones) is 1. The molecule has 0 spiro atoms. The van der Waals surface area contributed by atoms with Gasteiger partial charge in [-0.15, -0.1) is 0 Å². The fourth-order valence-corrected chi connectivity index (χ4v) is 3.28. The summed E-state index contributed by atoms with van der Waals surface area (Å²) in [6.07, 6.45) is 0.270. The van der Waals surface area contributed by atoms with Gasteiger partial charge in [-0.25, -0.2) is 4.79 Å². The summed E-state index contributed by atoms with van der Waals surface area (Å²) in [4.78, 5) is 26.7. The quantitative estimate of drug-likeness (QED) is 0.703. The number of benzene rings is 1. The smallest absolute Gasteiger partial charge is 0.414 e. The number of hydrogen-bond donors (Lipinski definition) is 3. The minimum atomic E-state index is -0.974. The van der Waals surface area contributed by atoms with E-state index in [1.807, 2.05) is 24.3 Å². The summed E-state index contributed by atoms with van der Waals surface area (Å²) in [6, 6.07) is 7.61. The molecular weight excluding hydrogens is 338 g/mol. The van der Waals surface area contributed by atoms with E-state index in [4.69, 9.17) is 4.74 Å². The average molecular weight is 363 g/mol. The van der Waals surface area contributed by atoms with Crippen LogP contribution in [0.15, 0.2) is 24.3 Å². The van der Waals surface area contributed by atoms with Crippen LogP contribution in [0, 0.1) is 0 Å². The van der Waals surface area contributed by atoms with Crippen LogP contribution in [-0.4, -0.2) is 66.7 Å². The number of carbonyl (C=O) groups excluding carboxylic acids is 2. The molecule has 2 saturated heterocycles. The first kappa shape index (κ1) is 18.5. The lowest BCUT2D eigenvalue weighted by Crippen LogP contribution is -2.46. The van der Waals surface area contributed by atoms with E-state index < -0.39 is 11.7 Å². The molecule has 2 aliphatic rings. The molecule has 0 radical (unpaired) electrons. The molecule has 0 bridgehead atoms. The van der Waals surface area contributed by atoms with Crippen molar-refractivity contribution in [2.45, 2.75) is 31.5 Å². The maximum atomic E-state index is 12.1. The predicted molar refractivity (Wildman–Crippen MR) is 96.2 cm³/mol. The number of carbonyl (C=O) groups is 2. The van der Waals surface area contributed by atoms with Crippen LogP contribution >= 0.6 is 0 Å². The Labute approximate surface area is 152 Å². The van der Waals surface area contributed by atoms with Crippen LogP contribution in [0.1, 0.15) is 19.8 Å². The third-order valence-electron chi connectivity index (χ3n) is 4.97. The number of nitrogens with zero attached hydrogens (tertiary/aromatic N) is 2. The van der Waals surface area contributed by atoms with Crippen molar-refractivity contribution in [3.8, 4) is 0 Å². The van der Waals surface area contributed by atoms with Gasteiger partial charge in [0.05, 0.1) is 25.3 Å². The first-order chi connectivity index (χ1) is 12.4. The zero-order valence-electron chi connectivity index (χ0n) is 14.9. The molecule has 2 aliphatic heterocycles. The van der Waals surface area contributed by atoms with Gasteiger partial charge in [0.2, 0.25) is 5.91 Å². The number of rotatable bonds is 5. The lowest BCUT2D eigenvalue weighted by Gasteiger charge is -2.38. The molecule has 1 unspecified atom stereocenters. The Balaban J connectivity index is 1.60. The van der Waals surface area contributed by atoms with Gasteiger partial charge < -0.3 is 25.2 Å². The Hall–Kier alpha value is -2.32. The molecule has 1 atom stereocenters. The van der Waals surface area contributed by atoms with E-state index in [9.17, 15) is 19.8 Å². The Morgan fingerprint density at radius 1 is 1.27 bits per heavy atom. The van der Waals surface area contributed by atoms with Gasteiger partial charge in [0.15, 0.2) is 0 Å². The van der Waals surface area contributed by atoms with Crippen molar-refractivity contribution in [2.24, 2.45) is 0 Å². The van der Waals surface area contributed by atoms with E-state index in [0.717, 1.165) is 11.4 Å². The van der Waals surface area contributed by atoms with Crippen LogP contribution in [0.3, 0.4) is 0 Å². The van der Waals surface area contributed by atoms with Crippen molar-refractivity contribution in [3.05, 3.63) is 24.3 Å². The molecular formula is C18H25N3O5. The molecule has 0 aliphatic carbocycles. The van der Waals surface area contributed by atoms with Gasteiger partial charge in [-0.2, -0.15) is 0 Å². The largest absolute Gasteiger partial charge is 0.442 e. The lowest BCUT2D eigenvalue weighted by molar-refractivity contribution is -0.119. The Kier molecular flexibility index (Phi) is 5.33. The number of hydrogen-bond acceptors (Lipinski definition) is 6. The van der Waals surface area contributed by atoms with Crippen molar-refractivity contribution < 1.29 is 24.5 Å². The second-order valence-electron chi connectivity index (χ2n) is 6.94. The molecule has 3 rings (SSSR count).